The standard InChI is InChI=1S/C22H18ClF2N5O3/c23-22(24,25)33-15-4-1-13(2-5-15)27-21(32)12-9-16(17-7-8-26-29-17)20-18(10-12)28-19-6-3-14(31)11-30(19)20/h1-2,4-5,7-10,14,31H,3,6,11H2,(H,26,29)(H,27,32)/t14-/m0/s1. The van der Waals surface area contributed by atoms with E-state index >= 15 is 0 Å². The SMILES string of the molecule is O=C(Nc1ccc(OC(F)(F)Cl)cc1)c1cc(-c2ccn[nH]2)c2c(c1)nc1n2C[C@@H](O)CC1. The second-order valence-corrected chi connectivity index (χ2v) is 8.16. The van der Waals surface area contributed by atoms with Gasteiger partial charge in [0.05, 0.1) is 29.4 Å². The molecule has 3 heterocycles. The zero-order valence-corrected chi connectivity index (χ0v) is 17.8. The predicted molar refractivity (Wildman–Crippen MR) is 117 cm³/mol. The van der Waals surface area contributed by atoms with Crippen molar-refractivity contribution in [3.8, 4) is 17.0 Å². The van der Waals surface area contributed by atoms with Crippen LogP contribution in [-0.4, -0.2) is 42.4 Å². The summed E-state index contributed by atoms with van der Waals surface area (Å²) in [6.07, 6.45) is 2.42. The van der Waals surface area contributed by atoms with Crippen molar-refractivity contribution in [2.75, 3.05) is 5.32 Å². The first-order valence-corrected chi connectivity index (χ1v) is 10.5. The van der Waals surface area contributed by atoms with Crippen LogP contribution in [0.4, 0.5) is 14.5 Å². The highest BCUT2D eigenvalue weighted by molar-refractivity contribution is 6.20. The number of aliphatic hydroxyl groups is 1. The van der Waals surface area contributed by atoms with Crippen LogP contribution < -0.4 is 10.1 Å². The van der Waals surface area contributed by atoms with Gasteiger partial charge in [0.15, 0.2) is 0 Å². The van der Waals surface area contributed by atoms with E-state index in [1.807, 2.05) is 4.57 Å². The molecule has 3 N–H and O–H groups in total. The summed E-state index contributed by atoms with van der Waals surface area (Å²) in [5.74, 6) is 0.307. The Morgan fingerprint density at radius 3 is 2.76 bits per heavy atom. The molecule has 2 aromatic heterocycles. The molecule has 2 aromatic carbocycles. The van der Waals surface area contributed by atoms with Crippen molar-refractivity contribution < 1.29 is 23.4 Å². The topological polar surface area (TPSA) is 105 Å². The van der Waals surface area contributed by atoms with Crippen LogP contribution in [0, 0.1) is 0 Å². The minimum atomic E-state index is -3.82. The quantitative estimate of drug-likeness (QED) is 0.378. The van der Waals surface area contributed by atoms with Crippen molar-refractivity contribution in [3.63, 3.8) is 0 Å². The van der Waals surface area contributed by atoms with E-state index in [-0.39, 0.29) is 5.75 Å². The number of carbonyl (C=O) groups excluding carboxylic acids is 1. The summed E-state index contributed by atoms with van der Waals surface area (Å²) in [5.41, 5.74) is -0.186. The number of imidazole rings is 1. The average molecular weight is 474 g/mol. The summed E-state index contributed by atoms with van der Waals surface area (Å²) in [7, 11) is 0. The highest BCUT2D eigenvalue weighted by Crippen LogP contribution is 2.33. The van der Waals surface area contributed by atoms with Gasteiger partial charge >= 0.3 is 5.57 Å². The summed E-state index contributed by atoms with van der Waals surface area (Å²) in [4.78, 5) is 17.7. The lowest BCUT2D eigenvalue weighted by Crippen LogP contribution is -2.24. The third-order valence-electron chi connectivity index (χ3n) is 5.41. The molecule has 1 aliphatic heterocycles. The van der Waals surface area contributed by atoms with Crippen molar-refractivity contribution >= 4 is 34.2 Å². The third kappa shape index (κ3) is 4.39. The van der Waals surface area contributed by atoms with Gasteiger partial charge in [-0.05, 0) is 48.9 Å². The highest BCUT2D eigenvalue weighted by atomic mass is 35.5. The Morgan fingerprint density at radius 1 is 1.27 bits per heavy atom. The molecular weight excluding hydrogens is 456 g/mol. The summed E-state index contributed by atoms with van der Waals surface area (Å²) >= 11 is 4.77. The zero-order chi connectivity index (χ0) is 23.2. The lowest BCUT2D eigenvalue weighted by molar-refractivity contribution is -0.0964. The highest BCUT2D eigenvalue weighted by Gasteiger charge is 2.27. The molecular formula is C22H18ClF2N5O3. The lowest BCUT2D eigenvalue weighted by atomic mass is 10.0. The van der Waals surface area contributed by atoms with E-state index in [0.717, 1.165) is 16.9 Å². The first-order valence-electron chi connectivity index (χ1n) is 10.1. The van der Waals surface area contributed by atoms with Gasteiger partial charge in [0.2, 0.25) is 0 Å². The number of ether oxygens (including phenoxy) is 1. The van der Waals surface area contributed by atoms with Crippen LogP contribution in [0.25, 0.3) is 22.3 Å². The van der Waals surface area contributed by atoms with E-state index in [1.165, 1.54) is 24.3 Å². The van der Waals surface area contributed by atoms with Gasteiger partial charge in [-0.1, -0.05) is 0 Å². The summed E-state index contributed by atoms with van der Waals surface area (Å²) < 4.78 is 31.8. The number of nitrogens with zero attached hydrogens (tertiary/aromatic N) is 3. The molecule has 0 saturated heterocycles. The van der Waals surface area contributed by atoms with Crippen LogP contribution in [0.1, 0.15) is 22.6 Å². The van der Waals surface area contributed by atoms with Crippen LogP contribution >= 0.6 is 11.6 Å². The molecule has 1 atom stereocenters. The first-order chi connectivity index (χ1) is 15.8. The second kappa shape index (κ2) is 8.13. The first kappa shape index (κ1) is 21.4. The molecule has 0 radical (unpaired) electrons. The maximum atomic E-state index is 13.0. The number of carbonyl (C=O) groups is 1. The van der Waals surface area contributed by atoms with Crippen LogP contribution in [-0.2, 0) is 13.0 Å². The third-order valence-corrected chi connectivity index (χ3v) is 5.49. The van der Waals surface area contributed by atoms with Crippen LogP contribution in [0.15, 0.2) is 48.7 Å². The maximum Gasteiger partial charge on any atom is 0.487 e. The smallest absolute Gasteiger partial charge is 0.420 e. The number of H-pyrrole nitrogens is 1. The lowest BCUT2D eigenvalue weighted by Gasteiger charge is -2.20. The van der Waals surface area contributed by atoms with E-state index in [0.29, 0.717) is 41.8 Å². The molecule has 11 heteroatoms. The number of anilines is 1. The molecule has 1 amide bonds. The van der Waals surface area contributed by atoms with E-state index in [4.69, 9.17) is 16.6 Å². The molecule has 0 saturated carbocycles. The van der Waals surface area contributed by atoms with Crippen molar-refractivity contribution in [2.45, 2.75) is 31.1 Å². The monoisotopic (exact) mass is 473 g/mol. The summed E-state index contributed by atoms with van der Waals surface area (Å²) in [5, 5.41) is 19.8. The Labute approximate surface area is 191 Å². The number of rotatable bonds is 5. The van der Waals surface area contributed by atoms with E-state index in [1.54, 1.807) is 24.4 Å². The predicted octanol–water partition coefficient (Wildman–Crippen LogP) is 4.15. The molecule has 33 heavy (non-hydrogen) atoms. The number of alkyl halides is 3. The van der Waals surface area contributed by atoms with Gasteiger partial charge in [-0.25, -0.2) is 4.98 Å². The number of aromatic amines is 1. The van der Waals surface area contributed by atoms with E-state index in [9.17, 15) is 18.7 Å². The minimum Gasteiger partial charge on any atom is -0.420 e. The Hall–Kier alpha value is -3.50. The summed E-state index contributed by atoms with van der Waals surface area (Å²) in [6.45, 7) is 0.425. The molecule has 4 aromatic rings. The van der Waals surface area contributed by atoms with Crippen molar-refractivity contribution in [2.24, 2.45) is 0 Å². The Kier molecular flexibility index (Phi) is 5.26. The number of fused-ring (bicyclic) bond motifs is 3. The molecule has 0 spiro atoms. The normalized spacial score (nSPS) is 15.9. The molecule has 5 rings (SSSR count). The van der Waals surface area contributed by atoms with E-state index in [2.05, 4.69) is 20.3 Å². The summed E-state index contributed by atoms with van der Waals surface area (Å²) in [6, 6.07) is 10.6. The largest absolute Gasteiger partial charge is 0.487 e. The number of benzene rings is 2. The Balaban J connectivity index is 1.49. The van der Waals surface area contributed by atoms with Crippen molar-refractivity contribution in [1.29, 1.82) is 0 Å². The van der Waals surface area contributed by atoms with Gasteiger partial charge < -0.3 is 19.7 Å². The fourth-order valence-corrected chi connectivity index (χ4v) is 4.08. The maximum absolute atomic E-state index is 13.0. The fraction of sp³-hybridized carbons (Fsp3) is 0.227. The van der Waals surface area contributed by atoms with Gasteiger partial charge in [-0.3, -0.25) is 9.89 Å². The molecule has 0 unspecified atom stereocenters. The number of aryl methyl sites for hydroxylation is 1. The number of amides is 1. The van der Waals surface area contributed by atoms with Crippen LogP contribution in [0.2, 0.25) is 0 Å². The molecule has 0 bridgehead atoms. The van der Waals surface area contributed by atoms with Crippen LogP contribution in [0.3, 0.4) is 0 Å². The molecule has 0 fully saturated rings. The number of aliphatic hydroxyl groups excluding tert-OH is 1. The average Bonchev–Trinajstić information content (AvgIpc) is 3.41. The number of nitrogens with one attached hydrogen (secondary N) is 2. The van der Waals surface area contributed by atoms with Gasteiger partial charge in [-0.15, -0.1) is 8.78 Å². The zero-order valence-electron chi connectivity index (χ0n) is 17.1. The van der Waals surface area contributed by atoms with Crippen molar-refractivity contribution in [3.05, 3.63) is 60.0 Å². The number of halogens is 3. The van der Waals surface area contributed by atoms with Crippen LogP contribution in [0.5, 0.6) is 5.75 Å². The minimum absolute atomic E-state index is 0.137. The fourth-order valence-electron chi connectivity index (χ4n) is 3.99. The van der Waals surface area contributed by atoms with Gasteiger partial charge in [0.25, 0.3) is 5.91 Å². The van der Waals surface area contributed by atoms with Gasteiger partial charge in [-0.2, -0.15) is 5.10 Å². The van der Waals surface area contributed by atoms with E-state index < -0.39 is 17.6 Å². The molecule has 1 aliphatic rings. The number of aromatic nitrogens is 4. The number of hydrogen-bond donors (Lipinski definition) is 3. The van der Waals surface area contributed by atoms with Crippen molar-refractivity contribution in [1.82, 2.24) is 19.7 Å². The number of hydrogen-bond acceptors (Lipinski definition) is 5. The molecule has 0 aliphatic carbocycles. The molecule has 8 nitrogen and oxygen atoms in total. The Bertz CT molecular complexity index is 1320. The second-order valence-electron chi connectivity index (χ2n) is 7.72. The molecule has 170 valence electrons. The van der Waals surface area contributed by atoms with Gasteiger partial charge in [0, 0.05) is 41.0 Å². The Morgan fingerprint density at radius 2 is 2.06 bits per heavy atom. The van der Waals surface area contributed by atoms with Gasteiger partial charge in [0.1, 0.15) is 11.6 Å².